The van der Waals surface area contributed by atoms with E-state index in [9.17, 15) is 9.90 Å². The van der Waals surface area contributed by atoms with Crippen LogP contribution in [0.25, 0.3) is 38.8 Å². The third kappa shape index (κ3) is 4.32. The van der Waals surface area contributed by atoms with E-state index >= 15 is 0 Å². The molecule has 6 rings (SSSR count). The summed E-state index contributed by atoms with van der Waals surface area (Å²) < 4.78 is 2.06. The molecule has 7 heteroatoms. The molecule has 0 radical (unpaired) electrons. The molecule has 0 unspecified atom stereocenters. The number of carbonyl (C=O) groups excluding carboxylic acids is 1. The molecule has 1 amide bonds. The fourth-order valence-electron chi connectivity index (χ4n) is 5.45. The normalized spacial score (nSPS) is 17.8. The number of fused-ring (bicyclic) bond motifs is 2. The number of nitrogens with two attached hydrogens (primary N) is 1. The molecule has 7 nitrogen and oxygen atoms in total. The second kappa shape index (κ2) is 9.33. The van der Waals surface area contributed by atoms with Gasteiger partial charge >= 0.3 is 0 Å². The Balaban J connectivity index is 1.43. The molecule has 3 heterocycles. The maximum absolute atomic E-state index is 12.2. The van der Waals surface area contributed by atoms with E-state index < -0.39 is 5.91 Å². The number of hydrogen-bond acceptors (Lipinski definition) is 5. The highest BCUT2D eigenvalue weighted by Crippen LogP contribution is 2.34. The van der Waals surface area contributed by atoms with E-state index in [0.717, 1.165) is 70.0 Å². The van der Waals surface area contributed by atoms with Gasteiger partial charge in [0.1, 0.15) is 5.65 Å². The van der Waals surface area contributed by atoms with Gasteiger partial charge in [0.15, 0.2) is 0 Å². The van der Waals surface area contributed by atoms with Crippen molar-refractivity contribution in [3.63, 3.8) is 0 Å². The zero-order valence-electron chi connectivity index (χ0n) is 20.7. The summed E-state index contributed by atoms with van der Waals surface area (Å²) in [6.07, 6.45) is 8.77. The number of nitrogens with zero attached hydrogens (tertiary/aromatic N) is 3. The summed E-state index contributed by atoms with van der Waals surface area (Å²) in [5.41, 5.74) is 12.8. The monoisotopic (exact) mass is 491 g/mol. The van der Waals surface area contributed by atoms with E-state index in [0.29, 0.717) is 11.3 Å². The first-order valence-corrected chi connectivity index (χ1v) is 12.7. The molecule has 5 aromatic rings. The summed E-state index contributed by atoms with van der Waals surface area (Å²) in [7, 11) is 0. The van der Waals surface area contributed by atoms with Crippen LogP contribution < -0.4 is 11.1 Å². The number of primary amides is 1. The third-order valence-corrected chi connectivity index (χ3v) is 7.38. The molecule has 2 aromatic carbocycles. The number of anilines is 1. The van der Waals surface area contributed by atoms with Gasteiger partial charge < -0.3 is 20.7 Å². The van der Waals surface area contributed by atoms with Crippen molar-refractivity contribution >= 4 is 33.5 Å². The van der Waals surface area contributed by atoms with Gasteiger partial charge in [-0.2, -0.15) is 0 Å². The Morgan fingerprint density at radius 1 is 1.05 bits per heavy atom. The molecule has 1 fully saturated rings. The largest absolute Gasteiger partial charge is 0.393 e. The number of rotatable bonds is 5. The molecule has 1 saturated carbocycles. The number of aromatic nitrogens is 3. The predicted octanol–water partition coefficient (Wildman–Crippen LogP) is 5.36. The van der Waals surface area contributed by atoms with Gasteiger partial charge in [-0.3, -0.25) is 9.78 Å². The Labute approximate surface area is 215 Å². The van der Waals surface area contributed by atoms with Crippen molar-refractivity contribution in [2.45, 2.75) is 44.8 Å². The van der Waals surface area contributed by atoms with Crippen molar-refractivity contribution in [3.05, 3.63) is 84.3 Å². The molecule has 0 atom stereocenters. The highest BCUT2D eigenvalue weighted by atomic mass is 16.3. The van der Waals surface area contributed by atoms with E-state index in [2.05, 4.69) is 40.1 Å². The van der Waals surface area contributed by atoms with Crippen LogP contribution in [0.4, 0.5) is 5.69 Å². The lowest BCUT2D eigenvalue weighted by atomic mass is 9.92. The van der Waals surface area contributed by atoms with Crippen molar-refractivity contribution in [1.82, 2.24) is 14.5 Å². The number of amides is 1. The van der Waals surface area contributed by atoms with Gasteiger partial charge in [-0.15, -0.1) is 0 Å². The Bertz CT molecular complexity index is 1630. The van der Waals surface area contributed by atoms with Gasteiger partial charge in [0.25, 0.3) is 5.91 Å². The van der Waals surface area contributed by atoms with E-state index in [1.165, 1.54) is 0 Å². The second-order valence-corrected chi connectivity index (χ2v) is 9.90. The summed E-state index contributed by atoms with van der Waals surface area (Å²) in [6.45, 7) is 2.09. The van der Waals surface area contributed by atoms with Crippen LogP contribution in [0.1, 0.15) is 41.6 Å². The lowest BCUT2D eigenvalue weighted by molar-refractivity contribution is 0.100. The summed E-state index contributed by atoms with van der Waals surface area (Å²) in [6, 6.07) is 18.1. The number of aliphatic hydroxyl groups excluding tert-OH is 1. The fraction of sp³-hybridized carbons (Fsp3) is 0.233. The molecule has 0 spiro atoms. The minimum atomic E-state index is -0.470. The summed E-state index contributed by atoms with van der Waals surface area (Å²) in [5, 5.41) is 15.5. The van der Waals surface area contributed by atoms with Gasteiger partial charge in [0.2, 0.25) is 0 Å². The number of hydrogen-bond donors (Lipinski definition) is 3. The van der Waals surface area contributed by atoms with Gasteiger partial charge in [0, 0.05) is 52.3 Å². The lowest BCUT2D eigenvalue weighted by Gasteiger charge is -2.28. The number of nitrogens with one attached hydrogen (secondary N) is 1. The number of aryl methyl sites for hydroxylation is 1. The van der Waals surface area contributed by atoms with Crippen molar-refractivity contribution in [2.24, 2.45) is 5.73 Å². The summed E-state index contributed by atoms with van der Waals surface area (Å²) in [5.74, 6) is -0.470. The van der Waals surface area contributed by atoms with E-state index in [4.69, 9.17) is 10.7 Å². The summed E-state index contributed by atoms with van der Waals surface area (Å²) >= 11 is 0. The number of pyridine rings is 2. The topological polar surface area (TPSA) is 106 Å². The molecule has 0 bridgehead atoms. The lowest BCUT2D eigenvalue weighted by Crippen LogP contribution is -2.29. The molecule has 0 saturated heterocycles. The highest BCUT2D eigenvalue weighted by molar-refractivity contribution is 6.00. The van der Waals surface area contributed by atoms with Crippen LogP contribution in [0.5, 0.6) is 0 Å². The van der Waals surface area contributed by atoms with Crippen LogP contribution in [0.2, 0.25) is 0 Å². The highest BCUT2D eigenvalue weighted by Gasteiger charge is 2.22. The Kier molecular flexibility index (Phi) is 5.85. The Morgan fingerprint density at radius 2 is 1.86 bits per heavy atom. The van der Waals surface area contributed by atoms with Gasteiger partial charge in [0.05, 0.1) is 17.2 Å². The third-order valence-electron chi connectivity index (χ3n) is 7.38. The predicted molar refractivity (Wildman–Crippen MR) is 147 cm³/mol. The van der Waals surface area contributed by atoms with Gasteiger partial charge in [-0.25, -0.2) is 4.98 Å². The standard InChI is InChI=1S/C30H29N5O2/c1-18-17-35(22-8-11-25(29(31)37)27(15-22)34-21-6-9-23(36)10-7-21)30-28(18)24(12-13-32-30)20-14-19-4-2-3-5-26(19)33-16-20/h2-5,8,11-17,21,23,34,36H,6-7,9-10H2,1H3,(H2,31,37). The van der Waals surface area contributed by atoms with Crippen LogP contribution in [0.15, 0.2) is 73.2 Å². The minimum Gasteiger partial charge on any atom is -0.393 e. The summed E-state index contributed by atoms with van der Waals surface area (Å²) in [4.78, 5) is 21.6. The van der Waals surface area contributed by atoms with Gasteiger partial charge in [-0.1, -0.05) is 18.2 Å². The molecule has 1 aliphatic rings. The van der Waals surface area contributed by atoms with E-state index in [1.54, 1.807) is 6.07 Å². The molecule has 4 N–H and O–H groups in total. The molecule has 37 heavy (non-hydrogen) atoms. The molecule has 3 aromatic heterocycles. The first-order chi connectivity index (χ1) is 18.0. The van der Waals surface area contributed by atoms with Crippen LogP contribution in [0, 0.1) is 6.92 Å². The minimum absolute atomic E-state index is 0.185. The zero-order chi connectivity index (χ0) is 25.5. The van der Waals surface area contributed by atoms with Crippen LogP contribution in [-0.4, -0.2) is 37.7 Å². The van der Waals surface area contributed by atoms with Crippen molar-refractivity contribution in [1.29, 1.82) is 0 Å². The number of benzene rings is 2. The average molecular weight is 492 g/mol. The first-order valence-electron chi connectivity index (χ1n) is 12.7. The van der Waals surface area contributed by atoms with Crippen LogP contribution >= 0.6 is 0 Å². The first kappa shape index (κ1) is 23.2. The number of aliphatic hydroxyl groups is 1. The smallest absolute Gasteiger partial charge is 0.250 e. The quantitative estimate of drug-likeness (QED) is 0.307. The maximum Gasteiger partial charge on any atom is 0.250 e. The van der Waals surface area contributed by atoms with Crippen LogP contribution in [0.3, 0.4) is 0 Å². The molecule has 186 valence electrons. The molecule has 1 aliphatic carbocycles. The molecular formula is C30H29N5O2. The van der Waals surface area contributed by atoms with Crippen LogP contribution in [-0.2, 0) is 0 Å². The van der Waals surface area contributed by atoms with Gasteiger partial charge in [-0.05, 0) is 80.1 Å². The number of para-hydroxylation sites is 1. The molecule has 0 aliphatic heterocycles. The van der Waals surface area contributed by atoms with Crippen molar-refractivity contribution in [2.75, 3.05) is 5.32 Å². The van der Waals surface area contributed by atoms with E-state index in [-0.39, 0.29) is 12.1 Å². The Morgan fingerprint density at radius 3 is 2.68 bits per heavy atom. The van der Waals surface area contributed by atoms with E-state index in [1.807, 2.05) is 48.8 Å². The fourth-order valence-corrected chi connectivity index (χ4v) is 5.45. The maximum atomic E-state index is 12.2. The Hall–Kier alpha value is -4.23. The SMILES string of the molecule is Cc1cn(-c2ccc(C(N)=O)c(NC3CCC(O)CC3)c2)c2nccc(-c3cnc4ccccc4c3)c12. The average Bonchev–Trinajstić information content (AvgIpc) is 3.26. The number of carbonyl (C=O) groups is 1. The molecular weight excluding hydrogens is 462 g/mol. The van der Waals surface area contributed by atoms with Crippen molar-refractivity contribution < 1.29 is 9.90 Å². The second-order valence-electron chi connectivity index (χ2n) is 9.90. The van der Waals surface area contributed by atoms with Crippen molar-refractivity contribution in [3.8, 4) is 16.8 Å². The zero-order valence-corrected chi connectivity index (χ0v) is 20.7.